The molecule has 43 heavy (non-hydrogen) atoms. The van der Waals surface area contributed by atoms with Gasteiger partial charge in [-0.25, -0.2) is 0 Å². The molecule has 8 aromatic rings. The van der Waals surface area contributed by atoms with Crippen LogP contribution in [0.3, 0.4) is 0 Å². The van der Waals surface area contributed by atoms with Crippen LogP contribution in [0, 0.1) is 0 Å². The number of para-hydroxylation sites is 1. The Balaban J connectivity index is 1.27. The van der Waals surface area contributed by atoms with Crippen LogP contribution in [-0.4, -0.2) is 14.5 Å². The van der Waals surface area contributed by atoms with E-state index in [1.54, 1.807) is 0 Å². The van der Waals surface area contributed by atoms with E-state index >= 15 is 0 Å². The Morgan fingerprint density at radius 2 is 1.19 bits per heavy atom. The topological polar surface area (TPSA) is 3.24 Å². The third kappa shape index (κ3) is 3.64. The van der Waals surface area contributed by atoms with Gasteiger partial charge in [-0.05, 0) is 0 Å². The summed E-state index contributed by atoms with van der Waals surface area (Å²) in [6, 6.07) is 51.9. The molecule has 0 N–H and O–H groups in total. The quantitative estimate of drug-likeness (QED) is 0.141. The zero-order valence-corrected chi connectivity index (χ0v) is 25.8. The number of fused-ring (bicyclic) bond motifs is 10. The fourth-order valence-electron chi connectivity index (χ4n) is 7.32. The van der Waals surface area contributed by atoms with Crippen molar-refractivity contribution < 1.29 is 0 Å². The van der Waals surface area contributed by atoms with E-state index in [1.165, 1.54) is 80.2 Å². The molecule has 0 spiro atoms. The Kier molecular flexibility index (Phi) is 5.33. The van der Waals surface area contributed by atoms with Gasteiger partial charge in [-0.15, -0.1) is 0 Å². The van der Waals surface area contributed by atoms with E-state index in [0.29, 0.717) is 0 Å². The van der Waals surface area contributed by atoms with Crippen molar-refractivity contribution in [3.05, 3.63) is 151 Å². The van der Waals surface area contributed by atoms with E-state index in [1.807, 2.05) is 0 Å². The van der Waals surface area contributed by atoms with Crippen molar-refractivity contribution in [2.24, 2.45) is 0 Å². The number of rotatable bonds is 3. The summed E-state index contributed by atoms with van der Waals surface area (Å²) in [5.41, 5.74) is 9.03. The molecule has 2 heteroatoms. The molecular formula is C41H29NSe. The van der Waals surface area contributed by atoms with Gasteiger partial charge in [0.1, 0.15) is 0 Å². The predicted molar refractivity (Wildman–Crippen MR) is 186 cm³/mol. The summed E-state index contributed by atoms with van der Waals surface area (Å²) in [5.74, 6) is 0. The number of hydrogen-bond acceptors (Lipinski definition) is 1. The molecule has 0 amide bonds. The Labute approximate surface area is 257 Å². The standard InChI is InChI=1S/C41H29NSe/c1-41(2)36-15-9-8-14-32(36)34-24-29(19-22-37(34)41)42(28-11-4-3-5-12-28)30-20-23-38-35(25-30)33-21-18-27-17-16-26-10-6-7-13-31(26)39(27)40(33)43-38/h3-25H,1-2H3. The summed E-state index contributed by atoms with van der Waals surface area (Å²) in [4.78, 5) is 2.43. The molecule has 1 aliphatic rings. The Morgan fingerprint density at radius 1 is 0.488 bits per heavy atom. The Bertz CT molecular complexity index is 2380. The maximum atomic E-state index is 2.43. The van der Waals surface area contributed by atoms with Gasteiger partial charge in [0.2, 0.25) is 0 Å². The minimum absolute atomic E-state index is 0.00561. The molecule has 0 fully saturated rings. The Morgan fingerprint density at radius 3 is 2.09 bits per heavy atom. The van der Waals surface area contributed by atoms with Crippen LogP contribution >= 0.6 is 0 Å². The van der Waals surface area contributed by atoms with Crippen LogP contribution in [0.1, 0.15) is 25.0 Å². The van der Waals surface area contributed by atoms with Crippen LogP contribution in [0.25, 0.3) is 52.0 Å². The maximum absolute atomic E-state index is 2.43. The van der Waals surface area contributed by atoms with Crippen LogP contribution in [0.2, 0.25) is 0 Å². The van der Waals surface area contributed by atoms with Crippen molar-refractivity contribution in [1.82, 2.24) is 0 Å². The van der Waals surface area contributed by atoms with Crippen LogP contribution in [-0.2, 0) is 5.41 Å². The summed E-state index contributed by atoms with van der Waals surface area (Å²) in [6.07, 6.45) is 0. The van der Waals surface area contributed by atoms with E-state index in [9.17, 15) is 0 Å². The molecule has 1 aromatic heterocycles. The molecule has 0 atom stereocenters. The van der Waals surface area contributed by atoms with E-state index < -0.39 is 0 Å². The van der Waals surface area contributed by atoms with Gasteiger partial charge in [-0.3, -0.25) is 0 Å². The number of anilines is 3. The van der Waals surface area contributed by atoms with Crippen molar-refractivity contribution >= 4 is 72.4 Å². The average Bonchev–Trinajstić information content (AvgIpc) is 3.53. The molecule has 9 rings (SSSR count). The molecule has 1 nitrogen and oxygen atoms in total. The summed E-state index contributed by atoms with van der Waals surface area (Å²) in [5, 5.41) is 8.19. The van der Waals surface area contributed by atoms with E-state index in [4.69, 9.17) is 0 Å². The molecule has 0 bridgehead atoms. The van der Waals surface area contributed by atoms with Gasteiger partial charge in [0.15, 0.2) is 0 Å². The molecule has 0 saturated carbocycles. The third-order valence-corrected chi connectivity index (χ3v) is 12.0. The van der Waals surface area contributed by atoms with Gasteiger partial charge in [-0.1, -0.05) is 0 Å². The summed E-state index contributed by atoms with van der Waals surface area (Å²) >= 11 is 0.257. The minimum atomic E-state index is -0.00561. The van der Waals surface area contributed by atoms with Gasteiger partial charge < -0.3 is 0 Å². The summed E-state index contributed by atoms with van der Waals surface area (Å²) < 4.78 is 2.97. The Hall–Kier alpha value is -4.62. The van der Waals surface area contributed by atoms with E-state index in [-0.39, 0.29) is 19.9 Å². The molecule has 0 saturated heterocycles. The summed E-state index contributed by atoms with van der Waals surface area (Å²) in [7, 11) is 0. The fraction of sp³-hybridized carbons (Fsp3) is 0.0732. The second-order valence-electron chi connectivity index (χ2n) is 12.2. The first kappa shape index (κ1) is 24.9. The number of benzene rings is 7. The average molecular weight is 615 g/mol. The van der Waals surface area contributed by atoms with E-state index in [0.717, 1.165) is 0 Å². The first-order valence-electron chi connectivity index (χ1n) is 14.9. The number of nitrogens with zero attached hydrogens (tertiary/aromatic N) is 1. The predicted octanol–water partition coefficient (Wildman–Crippen LogP) is 11.1. The van der Waals surface area contributed by atoms with Crippen LogP contribution in [0.5, 0.6) is 0 Å². The second kappa shape index (κ2) is 9.19. The molecule has 0 unspecified atom stereocenters. The zero-order valence-electron chi connectivity index (χ0n) is 24.1. The molecule has 204 valence electrons. The molecule has 1 heterocycles. The van der Waals surface area contributed by atoms with Crippen molar-refractivity contribution in [3.8, 4) is 11.1 Å². The molecule has 0 aliphatic heterocycles. The molecule has 7 aromatic carbocycles. The second-order valence-corrected chi connectivity index (χ2v) is 14.4. The molecule has 1 aliphatic carbocycles. The van der Waals surface area contributed by atoms with Gasteiger partial charge in [0.25, 0.3) is 0 Å². The summed E-state index contributed by atoms with van der Waals surface area (Å²) in [6.45, 7) is 4.69. The SMILES string of the molecule is CC1(C)c2ccccc2-c2cc(N(c3ccccc3)c3ccc4[se]c5c(ccc6ccc7ccccc7c65)c4c3)ccc21. The van der Waals surface area contributed by atoms with Crippen molar-refractivity contribution in [2.75, 3.05) is 4.90 Å². The first-order valence-corrected chi connectivity index (χ1v) is 16.7. The van der Waals surface area contributed by atoms with Crippen molar-refractivity contribution in [1.29, 1.82) is 0 Å². The van der Waals surface area contributed by atoms with Crippen LogP contribution in [0.15, 0.2) is 140 Å². The fourth-order valence-corrected chi connectivity index (χ4v) is 9.95. The molecule has 0 radical (unpaired) electrons. The van der Waals surface area contributed by atoms with Crippen molar-refractivity contribution in [3.63, 3.8) is 0 Å². The van der Waals surface area contributed by atoms with Crippen molar-refractivity contribution in [2.45, 2.75) is 19.3 Å². The number of hydrogen-bond donors (Lipinski definition) is 0. The monoisotopic (exact) mass is 615 g/mol. The van der Waals surface area contributed by atoms with Gasteiger partial charge in [0, 0.05) is 0 Å². The van der Waals surface area contributed by atoms with E-state index in [2.05, 4.69) is 158 Å². The van der Waals surface area contributed by atoms with Gasteiger partial charge in [0.05, 0.1) is 0 Å². The van der Waals surface area contributed by atoms with Crippen LogP contribution < -0.4 is 4.90 Å². The third-order valence-electron chi connectivity index (χ3n) is 9.43. The first-order chi connectivity index (χ1) is 21.1. The van der Waals surface area contributed by atoms with Crippen LogP contribution in [0.4, 0.5) is 17.1 Å². The molecular weight excluding hydrogens is 585 g/mol. The zero-order chi connectivity index (χ0) is 28.7. The van der Waals surface area contributed by atoms with Gasteiger partial charge in [-0.2, -0.15) is 0 Å². The normalized spacial score (nSPS) is 13.5. The van der Waals surface area contributed by atoms with Gasteiger partial charge >= 0.3 is 258 Å².